The fourth-order valence-electron chi connectivity index (χ4n) is 1.80. The minimum Gasteiger partial charge on any atom is -0.315 e. The lowest BCUT2D eigenvalue weighted by Gasteiger charge is -2.29. The van der Waals surface area contributed by atoms with Gasteiger partial charge < -0.3 is 5.73 Å². The molecule has 2 N–H and O–H groups in total. The van der Waals surface area contributed by atoms with Crippen LogP contribution in [0.5, 0.6) is 0 Å². The molecule has 0 aromatic rings. The second kappa shape index (κ2) is 4.80. The van der Waals surface area contributed by atoms with Crippen molar-refractivity contribution in [2.45, 2.75) is 39.3 Å². The summed E-state index contributed by atoms with van der Waals surface area (Å²) in [6.07, 6.45) is 3.80. The van der Waals surface area contributed by atoms with E-state index in [4.69, 9.17) is 5.73 Å². The normalized spacial score (nSPS) is 26.8. The summed E-state index contributed by atoms with van der Waals surface area (Å²) in [6, 6.07) is 0. The SMILES string of the molecule is CCCN1CCC(N)N1CCC. The maximum absolute atomic E-state index is 5.97. The second-order valence-electron chi connectivity index (χ2n) is 3.47. The van der Waals surface area contributed by atoms with Crippen molar-refractivity contribution in [2.75, 3.05) is 19.6 Å². The smallest absolute Gasteiger partial charge is 0.0723 e. The summed E-state index contributed by atoms with van der Waals surface area (Å²) in [5.74, 6) is 0. The highest BCUT2D eigenvalue weighted by Crippen LogP contribution is 2.14. The lowest BCUT2D eigenvalue weighted by molar-refractivity contribution is -0.00121. The molecule has 12 heavy (non-hydrogen) atoms. The first-order chi connectivity index (χ1) is 5.79. The molecule has 1 rings (SSSR count). The summed E-state index contributed by atoms with van der Waals surface area (Å²) in [6.45, 7) is 7.84. The average molecular weight is 171 g/mol. The van der Waals surface area contributed by atoms with E-state index in [2.05, 4.69) is 23.9 Å². The van der Waals surface area contributed by atoms with Crippen molar-refractivity contribution in [1.29, 1.82) is 0 Å². The third kappa shape index (κ3) is 2.19. The van der Waals surface area contributed by atoms with Crippen molar-refractivity contribution in [3.63, 3.8) is 0 Å². The largest absolute Gasteiger partial charge is 0.315 e. The van der Waals surface area contributed by atoms with E-state index in [1.807, 2.05) is 0 Å². The Labute approximate surface area is 75.5 Å². The van der Waals surface area contributed by atoms with Crippen molar-refractivity contribution in [3.8, 4) is 0 Å². The van der Waals surface area contributed by atoms with Crippen LogP contribution in [-0.4, -0.2) is 35.8 Å². The van der Waals surface area contributed by atoms with Gasteiger partial charge in [-0.2, -0.15) is 0 Å². The van der Waals surface area contributed by atoms with Gasteiger partial charge in [0.2, 0.25) is 0 Å². The molecule has 1 atom stereocenters. The Hall–Kier alpha value is -0.120. The summed E-state index contributed by atoms with van der Waals surface area (Å²) in [5.41, 5.74) is 5.97. The van der Waals surface area contributed by atoms with Crippen LogP contribution in [0.2, 0.25) is 0 Å². The van der Waals surface area contributed by atoms with E-state index < -0.39 is 0 Å². The van der Waals surface area contributed by atoms with Crippen LogP contribution in [0.4, 0.5) is 0 Å². The van der Waals surface area contributed by atoms with Gasteiger partial charge in [-0.15, -0.1) is 0 Å². The van der Waals surface area contributed by atoms with Gasteiger partial charge in [-0.05, 0) is 19.3 Å². The number of hydrazine groups is 1. The molecule has 0 aromatic carbocycles. The second-order valence-corrected chi connectivity index (χ2v) is 3.47. The van der Waals surface area contributed by atoms with Crippen molar-refractivity contribution in [2.24, 2.45) is 5.73 Å². The number of rotatable bonds is 4. The van der Waals surface area contributed by atoms with Crippen LogP contribution in [0.1, 0.15) is 33.1 Å². The molecule has 0 amide bonds. The number of hydrogen-bond acceptors (Lipinski definition) is 3. The van der Waals surface area contributed by atoms with Gasteiger partial charge >= 0.3 is 0 Å². The molecule has 1 aliphatic heterocycles. The topological polar surface area (TPSA) is 32.5 Å². The monoisotopic (exact) mass is 171 g/mol. The molecule has 3 nitrogen and oxygen atoms in total. The summed E-state index contributed by atoms with van der Waals surface area (Å²) in [7, 11) is 0. The number of hydrogen-bond donors (Lipinski definition) is 1. The predicted molar refractivity (Wildman–Crippen MR) is 51.5 cm³/mol. The highest BCUT2D eigenvalue weighted by Gasteiger charge is 2.26. The lowest BCUT2D eigenvalue weighted by Crippen LogP contribution is -2.45. The van der Waals surface area contributed by atoms with E-state index in [9.17, 15) is 0 Å². The number of nitrogens with zero attached hydrogens (tertiary/aromatic N) is 2. The maximum atomic E-state index is 5.97. The van der Waals surface area contributed by atoms with Crippen LogP contribution in [0.15, 0.2) is 0 Å². The standard InChI is InChI=1S/C9H21N3/c1-3-6-11-8-5-9(10)12(11)7-4-2/h9H,3-8,10H2,1-2H3. The third-order valence-corrected chi connectivity index (χ3v) is 2.36. The first-order valence-electron chi connectivity index (χ1n) is 5.06. The predicted octanol–water partition coefficient (Wildman–Crippen LogP) is 1.01. The average Bonchev–Trinajstić information content (AvgIpc) is 2.37. The van der Waals surface area contributed by atoms with E-state index in [0.29, 0.717) is 0 Å². The Morgan fingerprint density at radius 1 is 1.25 bits per heavy atom. The lowest BCUT2D eigenvalue weighted by atomic mass is 10.3. The molecule has 1 unspecified atom stereocenters. The summed E-state index contributed by atoms with van der Waals surface area (Å²) >= 11 is 0. The molecule has 1 heterocycles. The van der Waals surface area contributed by atoms with E-state index in [1.54, 1.807) is 0 Å². The molecule has 1 fully saturated rings. The Morgan fingerprint density at radius 2 is 1.92 bits per heavy atom. The Bertz CT molecular complexity index is 125. The van der Waals surface area contributed by atoms with Gasteiger partial charge in [0.15, 0.2) is 0 Å². The minimum atomic E-state index is 0.275. The molecule has 0 radical (unpaired) electrons. The fraction of sp³-hybridized carbons (Fsp3) is 1.00. The Kier molecular flexibility index (Phi) is 3.98. The van der Waals surface area contributed by atoms with E-state index >= 15 is 0 Å². The van der Waals surface area contributed by atoms with Gasteiger partial charge in [-0.1, -0.05) is 13.8 Å². The van der Waals surface area contributed by atoms with E-state index in [1.165, 1.54) is 12.8 Å². The van der Waals surface area contributed by atoms with Crippen LogP contribution >= 0.6 is 0 Å². The molecule has 1 aliphatic rings. The molecule has 72 valence electrons. The zero-order chi connectivity index (χ0) is 8.97. The van der Waals surface area contributed by atoms with Gasteiger partial charge in [-0.25, -0.2) is 10.0 Å². The number of nitrogens with two attached hydrogens (primary N) is 1. The van der Waals surface area contributed by atoms with Crippen molar-refractivity contribution in [3.05, 3.63) is 0 Å². The highest BCUT2D eigenvalue weighted by atomic mass is 15.7. The van der Waals surface area contributed by atoms with Crippen LogP contribution in [0.3, 0.4) is 0 Å². The van der Waals surface area contributed by atoms with Crippen molar-refractivity contribution in [1.82, 2.24) is 10.0 Å². The van der Waals surface area contributed by atoms with Crippen molar-refractivity contribution < 1.29 is 0 Å². The van der Waals surface area contributed by atoms with Gasteiger partial charge in [0, 0.05) is 19.6 Å². The molecule has 0 bridgehead atoms. The van der Waals surface area contributed by atoms with Crippen LogP contribution in [-0.2, 0) is 0 Å². The van der Waals surface area contributed by atoms with Crippen LogP contribution in [0, 0.1) is 0 Å². The van der Waals surface area contributed by atoms with Crippen LogP contribution in [0.25, 0.3) is 0 Å². The molecular weight excluding hydrogens is 150 g/mol. The Balaban J connectivity index is 2.39. The molecule has 0 aliphatic carbocycles. The highest BCUT2D eigenvalue weighted by molar-refractivity contribution is 4.73. The third-order valence-electron chi connectivity index (χ3n) is 2.36. The van der Waals surface area contributed by atoms with Gasteiger partial charge in [0.25, 0.3) is 0 Å². The quantitative estimate of drug-likeness (QED) is 0.685. The van der Waals surface area contributed by atoms with Gasteiger partial charge in [0.1, 0.15) is 0 Å². The molecule has 0 spiro atoms. The minimum absolute atomic E-state index is 0.275. The zero-order valence-corrected chi connectivity index (χ0v) is 8.29. The first-order valence-corrected chi connectivity index (χ1v) is 5.06. The first kappa shape index (κ1) is 9.96. The molecule has 0 saturated carbocycles. The molecule has 3 heteroatoms. The zero-order valence-electron chi connectivity index (χ0n) is 8.29. The summed E-state index contributed by atoms with van der Waals surface area (Å²) in [4.78, 5) is 0. The van der Waals surface area contributed by atoms with E-state index in [-0.39, 0.29) is 6.17 Å². The van der Waals surface area contributed by atoms with E-state index in [0.717, 1.165) is 26.1 Å². The van der Waals surface area contributed by atoms with Crippen molar-refractivity contribution >= 4 is 0 Å². The molecular formula is C9H21N3. The Morgan fingerprint density at radius 3 is 2.50 bits per heavy atom. The maximum Gasteiger partial charge on any atom is 0.0723 e. The molecule has 0 aromatic heterocycles. The fourth-order valence-corrected chi connectivity index (χ4v) is 1.80. The van der Waals surface area contributed by atoms with Gasteiger partial charge in [0.05, 0.1) is 6.17 Å². The van der Waals surface area contributed by atoms with Gasteiger partial charge in [-0.3, -0.25) is 0 Å². The summed E-state index contributed by atoms with van der Waals surface area (Å²) in [5, 5.41) is 4.72. The van der Waals surface area contributed by atoms with Crippen LogP contribution < -0.4 is 5.73 Å². The molecule has 1 saturated heterocycles. The summed E-state index contributed by atoms with van der Waals surface area (Å²) < 4.78 is 0.